The van der Waals surface area contributed by atoms with Gasteiger partial charge in [0.2, 0.25) is 0 Å². The summed E-state index contributed by atoms with van der Waals surface area (Å²) in [5.74, 6) is 0. The van der Waals surface area contributed by atoms with Crippen molar-refractivity contribution >= 4 is 0 Å². The van der Waals surface area contributed by atoms with Gasteiger partial charge in [0, 0.05) is 0 Å². The van der Waals surface area contributed by atoms with Gasteiger partial charge >= 0.3 is 0 Å². The van der Waals surface area contributed by atoms with Crippen molar-refractivity contribution in [2.75, 3.05) is 13.1 Å². The minimum atomic E-state index is -1.00. The second-order valence-electron chi connectivity index (χ2n) is 12.5. The fourth-order valence-electron chi connectivity index (χ4n) is 5.75. The van der Waals surface area contributed by atoms with E-state index in [9.17, 15) is 10.4 Å². The zero-order valence-corrected chi connectivity index (χ0v) is 26.6. The molecule has 0 bridgehead atoms. The Morgan fingerprint density at radius 2 is 0.474 bits per heavy atom. The van der Waals surface area contributed by atoms with Gasteiger partial charge in [0.15, 0.2) is 0 Å². The van der Waals surface area contributed by atoms with Crippen molar-refractivity contribution in [2.45, 2.75) is 213 Å². The van der Waals surface area contributed by atoms with E-state index in [-0.39, 0.29) is 0 Å². The SMILES string of the molecule is CCCCCCCCCCCCCCCCCC[N+]([O-])(O)CCCCCCCCCCCCCCCCC. The third-order valence-corrected chi connectivity index (χ3v) is 8.47. The Kier molecular flexibility index (Phi) is 31.3. The zero-order valence-electron chi connectivity index (χ0n) is 26.6. The molecule has 230 valence electrons. The summed E-state index contributed by atoms with van der Waals surface area (Å²) in [5, 5.41) is 22.4. The van der Waals surface area contributed by atoms with Crippen LogP contribution in [0.2, 0.25) is 0 Å². The topological polar surface area (TPSA) is 43.3 Å². The van der Waals surface area contributed by atoms with Crippen molar-refractivity contribution in [3.63, 3.8) is 0 Å². The van der Waals surface area contributed by atoms with Crippen LogP contribution in [0.5, 0.6) is 0 Å². The Morgan fingerprint density at radius 1 is 0.316 bits per heavy atom. The second kappa shape index (κ2) is 31.4. The van der Waals surface area contributed by atoms with Crippen LogP contribution >= 0.6 is 0 Å². The van der Waals surface area contributed by atoms with Gasteiger partial charge in [-0.3, -0.25) is 0 Å². The van der Waals surface area contributed by atoms with Gasteiger partial charge in [0.25, 0.3) is 0 Å². The van der Waals surface area contributed by atoms with Gasteiger partial charge in [-0.1, -0.05) is 187 Å². The van der Waals surface area contributed by atoms with Crippen molar-refractivity contribution < 1.29 is 10.0 Å². The standard InChI is InChI=1S/C35H73NO2/c1-3-5-7-9-11-13-15-17-19-21-23-25-27-29-31-33-35-36(37,38)34-32-30-28-26-24-22-20-18-16-14-12-10-8-6-4-2/h37H,3-35H2,1-2H3. The van der Waals surface area contributed by atoms with E-state index in [1.54, 1.807) is 0 Å². The first-order valence-corrected chi connectivity index (χ1v) is 17.9. The van der Waals surface area contributed by atoms with Crippen LogP contribution in [0.25, 0.3) is 0 Å². The lowest BCUT2D eigenvalue weighted by molar-refractivity contribution is -1.06. The number of rotatable bonds is 33. The summed E-state index contributed by atoms with van der Waals surface area (Å²) in [6, 6.07) is 0. The van der Waals surface area contributed by atoms with Gasteiger partial charge in [0.05, 0.1) is 0 Å². The average Bonchev–Trinajstić information content (AvgIpc) is 2.90. The predicted molar refractivity (Wildman–Crippen MR) is 170 cm³/mol. The Labute approximate surface area is 241 Å². The molecule has 1 atom stereocenters. The summed E-state index contributed by atoms with van der Waals surface area (Å²) in [7, 11) is 0. The molecule has 0 aliphatic carbocycles. The van der Waals surface area contributed by atoms with E-state index in [1.807, 2.05) is 0 Å². The Bertz CT molecular complexity index is 426. The molecule has 1 N–H and O–H groups in total. The van der Waals surface area contributed by atoms with Crippen LogP contribution < -0.4 is 0 Å². The van der Waals surface area contributed by atoms with Crippen molar-refractivity contribution in [1.82, 2.24) is 0 Å². The van der Waals surface area contributed by atoms with Crippen LogP contribution in [-0.2, 0) is 0 Å². The number of hydroxylamine groups is 4. The van der Waals surface area contributed by atoms with E-state index >= 15 is 0 Å². The predicted octanol–water partition coefficient (Wildman–Crippen LogP) is 12.8. The van der Waals surface area contributed by atoms with E-state index in [4.69, 9.17) is 0 Å². The molecule has 0 aliphatic heterocycles. The lowest BCUT2D eigenvalue weighted by atomic mass is 10.0. The van der Waals surface area contributed by atoms with Gasteiger partial charge in [0.1, 0.15) is 13.1 Å². The quantitative estimate of drug-likeness (QED) is 0.0512. The maximum atomic E-state index is 12.3. The van der Waals surface area contributed by atoms with E-state index < -0.39 is 4.81 Å². The third kappa shape index (κ3) is 32.1. The smallest absolute Gasteiger partial charge is 0.108 e. The summed E-state index contributed by atoms with van der Waals surface area (Å²) < 4.78 is 0. The number of hydrogen-bond acceptors (Lipinski definition) is 2. The minimum absolute atomic E-state index is 0.386. The lowest BCUT2D eigenvalue weighted by Gasteiger charge is -2.33. The van der Waals surface area contributed by atoms with E-state index in [2.05, 4.69) is 13.8 Å². The van der Waals surface area contributed by atoms with E-state index in [1.165, 1.54) is 173 Å². The fraction of sp³-hybridized carbons (Fsp3) is 1.00. The Hall–Kier alpha value is -0.120. The first-order valence-electron chi connectivity index (χ1n) is 17.9. The maximum Gasteiger partial charge on any atom is 0.108 e. The number of nitrogens with zero attached hydrogens (tertiary/aromatic N) is 1. The Balaban J connectivity index is 3.27. The molecule has 0 rings (SSSR count). The first kappa shape index (κ1) is 37.9. The third-order valence-electron chi connectivity index (χ3n) is 8.47. The molecule has 0 aliphatic rings. The van der Waals surface area contributed by atoms with Gasteiger partial charge < -0.3 is 5.21 Å². The molecular weight excluding hydrogens is 466 g/mol. The summed E-state index contributed by atoms with van der Waals surface area (Å²) in [5.41, 5.74) is 0. The molecule has 38 heavy (non-hydrogen) atoms. The van der Waals surface area contributed by atoms with Gasteiger partial charge in [-0.25, -0.2) is 10.0 Å². The van der Waals surface area contributed by atoms with Crippen molar-refractivity contribution in [1.29, 1.82) is 0 Å². The van der Waals surface area contributed by atoms with Crippen LogP contribution in [0.3, 0.4) is 0 Å². The van der Waals surface area contributed by atoms with Gasteiger partial charge in [-0.15, -0.1) is 0 Å². The molecule has 0 spiro atoms. The minimum Gasteiger partial charge on any atom is -0.598 e. The zero-order chi connectivity index (χ0) is 27.8. The van der Waals surface area contributed by atoms with E-state index in [0.29, 0.717) is 13.1 Å². The van der Waals surface area contributed by atoms with Gasteiger partial charge in [-0.05, 0) is 25.7 Å². The van der Waals surface area contributed by atoms with Crippen LogP contribution in [0.15, 0.2) is 0 Å². The highest BCUT2D eigenvalue weighted by Crippen LogP contribution is 2.16. The van der Waals surface area contributed by atoms with Crippen molar-refractivity contribution in [3.05, 3.63) is 5.21 Å². The molecular formula is C35H73NO2. The molecule has 0 saturated heterocycles. The average molecular weight is 540 g/mol. The maximum absolute atomic E-state index is 12.3. The Morgan fingerprint density at radius 3 is 0.658 bits per heavy atom. The number of hydrogen-bond donors (Lipinski definition) is 1. The largest absolute Gasteiger partial charge is 0.598 e. The summed E-state index contributed by atoms with van der Waals surface area (Å²) in [6.45, 7) is 5.34. The molecule has 0 aromatic carbocycles. The van der Waals surface area contributed by atoms with Crippen LogP contribution in [0, 0.1) is 5.21 Å². The summed E-state index contributed by atoms with van der Waals surface area (Å²) in [4.78, 5) is -1.00. The highest BCUT2D eigenvalue weighted by atomic mass is 16.8. The van der Waals surface area contributed by atoms with Crippen LogP contribution in [0.4, 0.5) is 0 Å². The molecule has 0 radical (unpaired) electrons. The fourth-order valence-corrected chi connectivity index (χ4v) is 5.75. The van der Waals surface area contributed by atoms with Crippen LogP contribution in [-0.4, -0.2) is 23.1 Å². The molecule has 0 fully saturated rings. The number of unbranched alkanes of at least 4 members (excludes halogenated alkanes) is 29. The molecule has 0 heterocycles. The molecule has 1 unspecified atom stereocenters. The highest BCUT2D eigenvalue weighted by molar-refractivity contribution is 4.52. The molecule has 0 aromatic rings. The lowest BCUT2D eigenvalue weighted by Crippen LogP contribution is -2.40. The molecule has 0 aromatic heterocycles. The second-order valence-corrected chi connectivity index (χ2v) is 12.5. The monoisotopic (exact) mass is 540 g/mol. The molecule has 0 saturated carbocycles. The first-order chi connectivity index (χ1) is 18.6. The van der Waals surface area contributed by atoms with Crippen molar-refractivity contribution in [2.24, 2.45) is 0 Å². The molecule has 0 amide bonds. The van der Waals surface area contributed by atoms with Crippen molar-refractivity contribution in [3.8, 4) is 0 Å². The molecule has 3 heteroatoms. The molecule has 3 nitrogen and oxygen atoms in total. The van der Waals surface area contributed by atoms with E-state index in [0.717, 1.165) is 25.7 Å². The summed E-state index contributed by atoms with van der Waals surface area (Å²) in [6.07, 6.45) is 41.3. The van der Waals surface area contributed by atoms with Crippen LogP contribution in [0.1, 0.15) is 213 Å². The normalized spacial score (nSPS) is 13.3. The number of quaternary nitrogens is 1. The van der Waals surface area contributed by atoms with Gasteiger partial charge in [-0.2, -0.15) is 0 Å². The summed E-state index contributed by atoms with van der Waals surface area (Å²) >= 11 is 0. The highest BCUT2D eigenvalue weighted by Gasteiger charge is 2.12.